The van der Waals surface area contributed by atoms with Crippen molar-refractivity contribution in [3.63, 3.8) is 0 Å². The van der Waals surface area contributed by atoms with E-state index in [2.05, 4.69) is 27.7 Å². The molecule has 31 heavy (non-hydrogen) atoms. The third kappa shape index (κ3) is 20.6. The van der Waals surface area contributed by atoms with Crippen LogP contribution < -0.4 is 0 Å². The summed E-state index contributed by atoms with van der Waals surface area (Å²) in [6.45, 7) is 9.92. The van der Waals surface area contributed by atoms with Crippen LogP contribution in [-0.2, 0) is 19.1 Å². The molecular weight excluding hydrogens is 388 g/mol. The summed E-state index contributed by atoms with van der Waals surface area (Å²) in [5.41, 5.74) is 0. The van der Waals surface area contributed by atoms with Gasteiger partial charge < -0.3 is 9.47 Å². The molecule has 0 aliphatic heterocycles. The van der Waals surface area contributed by atoms with Crippen LogP contribution in [-0.4, -0.2) is 25.2 Å². The van der Waals surface area contributed by atoms with Gasteiger partial charge in [0.2, 0.25) is 0 Å². The topological polar surface area (TPSA) is 52.6 Å². The molecule has 0 spiro atoms. The van der Waals surface area contributed by atoms with E-state index in [4.69, 9.17) is 9.47 Å². The van der Waals surface area contributed by atoms with Crippen molar-refractivity contribution in [1.29, 1.82) is 0 Å². The molecule has 184 valence electrons. The first-order valence-electron chi connectivity index (χ1n) is 13.3. The Morgan fingerprint density at radius 3 is 1.52 bits per heavy atom. The van der Waals surface area contributed by atoms with Gasteiger partial charge in [0, 0.05) is 12.8 Å². The molecule has 0 aromatic carbocycles. The van der Waals surface area contributed by atoms with Gasteiger partial charge in [-0.25, -0.2) is 0 Å². The normalized spacial score (nSPS) is 12.2. The minimum Gasteiger partial charge on any atom is -0.466 e. The first-order valence-corrected chi connectivity index (χ1v) is 13.3. The van der Waals surface area contributed by atoms with Gasteiger partial charge in [-0.15, -0.1) is 0 Å². The zero-order valence-corrected chi connectivity index (χ0v) is 21.2. The number of hydrogen-bond donors (Lipinski definition) is 0. The summed E-state index contributed by atoms with van der Waals surface area (Å²) in [6, 6.07) is 0. The number of ether oxygens (including phenoxy) is 2. The molecule has 4 nitrogen and oxygen atoms in total. The quantitative estimate of drug-likeness (QED) is 0.126. The Balaban J connectivity index is 3.55. The van der Waals surface area contributed by atoms with E-state index in [0.717, 1.165) is 44.9 Å². The summed E-state index contributed by atoms with van der Waals surface area (Å²) >= 11 is 0. The summed E-state index contributed by atoms with van der Waals surface area (Å²) < 4.78 is 10.5. The lowest BCUT2D eigenvalue weighted by molar-refractivity contribution is -0.145. The third-order valence-corrected chi connectivity index (χ3v) is 6.14. The highest BCUT2D eigenvalue weighted by Gasteiger charge is 2.15. The average molecular weight is 441 g/mol. The van der Waals surface area contributed by atoms with Crippen molar-refractivity contribution in [3.8, 4) is 0 Å². The van der Waals surface area contributed by atoms with Crippen LogP contribution in [0.5, 0.6) is 0 Å². The standard InChI is InChI=1S/C27H52O4/c1-5-7-22-30-26(28)19-17-15-13-11-9-10-12-14-16-18-25(24(3)4)20-21-27(29)31-23-8-6-2/h24-25H,5-23H2,1-4H3. The van der Waals surface area contributed by atoms with Crippen molar-refractivity contribution < 1.29 is 19.1 Å². The fraction of sp³-hybridized carbons (Fsp3) is 0.926. The average Bonchev–Trinajstić information content (AvgIpc) is 2.74. The van der Waals surface area contributed by atoms with Gasteiger partial charge in [0.05, 0.1) is 13.2 Å². The van der Waals surface area contributed by atoms with E-state index in [1.54, 1.807) is 0 Å². The van der Waals surface area contributed by atoms with Crippen molar-refractivity contribution >= 4 is 11.9 Å². The van der Waals surface area contributed by atoms with E-state index < -0.39 is 0 Å². The van der Waals surface area contributed by atoms with E-state index in [-0.39, 0.29) is 11.9 Å². The summed E-state index contributed by atoms with van der Waals surface area (Å²) in [7, 11) is 0. The molecule has 0 bridgehead atoms. The van der Waals surface area contributed by atoms with Gasteiger partial charge in [0.1, 0.15) is 0 Å². The fourth-order valence-electron chi connectivity index (χ4n) is 3.83. The largest absolute Gasteiger partial charge is 0.466 e. The highest BCUT2D eigenvalue weighted by molar-refractivity contribution is 5.69. The lowest BCUT2D eigenvalue weighted by Gasteiger charge is -2.20. The van der Waals surface area contributed by atoms with Crippen molar-refractivity contribution in [2.24, 2.45) is 11.8 Å². The predicted molar refractivity (Wildman–Crippen MR) is 130 cm³/mol. The van der Waals surface area contributed by atoms with E-state index in [1.165, 1.54) is 51.4 Å². The van der Waals surface area contributed by atoms with Crippen LogP contribution in [0.1, 0.15) is 137 Å². The fourth-order valence-corrected chi connectivity index (χ4v) is 3.83. The van der Waals surface area contributed by atoms with Crippen molar-refractivity contribution in [2.75, 3.05) is 13.2 Å². The second-order valence-corrected chi connectivity index (χ2v) is 9.41. The van der Waals surface area contributed by atoms with Crippen LogP contribution in [0.2, 0.25) is 0 Å². The molecule has 0 N–H and O–H groups in total. The Labute approximate surface area is 193 Å². The first-order chi connectivity index (χ1) is 15.0. The molecular formula is C27H52O4. The van der Waals surface area contributed by atoms with Crippen molar-refractivity contribution in [3.05, 3.63) is 0 Å². The first kappa shape index (κ1) is 29.9. The minimum absolute atomic E-state index is 0.0208. The minimum atomic E-state index is -0.0264. The lowest BCUT2D eigenvalue weighted by Crippen LogP contribution is -2.13. The predicted octanol–water partition coefficient (Wildman–Crippen LogP) is 8.02. The molecule has 0 radical (unpaired) electrons. The Hall–Kier alpha value is -1.06. The van der Waals surface area contributed by atoms with E-state index in [0.29, 0.717) is 37.9 Å². The van der Waals surface area contributed by atoms with Crippen LogP contribution >= 0.6 is 0 Å². The molecule has 4 heteroatoms. The molecule has 0 saturated carbocycles. The monoisotopic (exact) mass is 440 g/mol. The number of carbonyl (C=O) groups excluding carboxylic acids is 2. The number of rotatable bonds is 22. The Bertz CT molecular complexity index is 419. The number of unbranched alkanes of at least 4 members (excludes halogenated alkanes) is 10. The maximum absolute atomic E-state index is 11.8. The Morgan fingerprint density at radius 2 is 1.03 bits per heavy atom. The Morgan fingerprint density at radius 1 is 0.581 bits per heavy atom. The van der Waals surface area contributed by atoms with Crippen molar-refractivity contribution in [1.82, 2.24) is 0 Å². The molecule has 1 unspecified atom stereocenters. The Kier molecular flexibility index (Phi) is 21.4. The summed E-state index contributed by atoms with van der Waals surface area (Å²) in [5, 5.41) is 0. The molecule has 0 aliphatic carbocycles. The van der Waals surface area contributed by atoms with E-state index in [1.807, 2.05) is 0 Å². The van der Waals surface area contributed by atoms with Crippen LogP contribution in [0.25, 0.3) is 0 Å². The number of carbonyl (C=O) groups is 2. The molecule has 0 rings (SSSR count). The van der Waals surface area contributed by atoms with Gasteiger partial charge in [0.15, 0.2) is 0 Å². The molecule has 0 aromatic heterocycles. The number of esters is 2. The molecule has 0 amide bonds. The SMILES string of the molecule is CCCCOC(=O)CCCCCCCCCCCC(CCC(=O)OCCCC)C(C)C. The van der Waals surface area contributed by atoms with Gasteiger partial charge >= 0.3 is 11.9 Å². The third-order valence-electron chi connectivity index (χ3n) is 6.14. The molecule has 0 saturated heterocycles. The zero-order chi connectivity index (χ0) is 23.2. The maximum Gasteiger partial charge on any atom is 0.305 e. The van der Waals surface area contributed by atoms with Crippen LogP contribution in [0.15, 0.2) is 0 Å². The zero-order valence-electron chi connectivity index (χ0n) is 21.2. The van der Waals surface area contributed by atoms with Gasteiger partial charge in [-0.2, -0.15) is 0 Å². The van der Waals surface area contributed by atoms with Crippen LogP contribution in [0.3, 0.4) is 0 Å². The molecule has 0 aromatic rings. The smallest absolute Gasteiger partial charge is 0.305 e. The van der Waals surface area contributed by atoms with Crippen LogP contribution in [0.4, 0.5) is 0 Å². The summed E-state index contributed by atoms with van der Waals surface area (Å²) in [6.07, 6.45) is 18.5. The van der Waals surface area contributed by atoms with Gasteiger partial charge in [-0.1, -0.05) is 98.3 Å². The number of hydrogen-bond acceptors (Lipinski definition) is 4. The van der Waals surface area contributed by atoms with E-state index in [9.17, 15) is 9.59 Å². The molecule has 1 atom stereocenters. The highest BCUT2D eigenvalue weighted by Crippen LogP contribution is 2.24. The van der Waals surface area contributed by atoms with Gasteiger partial charge in [-0.3, -0.25) is 9.59 Å². The van der Waals surface area contributed by atoms with Gasteiger partial charge in [0.25, 0.3) is 0 Å². The van der Waals surface area contributed by atoms with E-state index >= 15 is 0 Å². The molecule has 0 aliphatic rings. The second-order valence-electron chi connectivity index (χ2n) is 9.41. The molecule has 0 heterocycles. The summed E-state index contributed by atoms with van der Waals surface area (Å²) in [4.78, 5) is 23.4. The second kappa shape index (κ2) is 22.1. The van der Waals surface area contributed by atoms with Gasteiger partial charge in [-0.05, 0) is 37.5 Å². The summed E-state index contributed by atoms with van der Waals surface area (Å²) in [5.74, 6) is 1.22. The molecule has 0 fully saturated rings. The van der Waals surface area contributed by atoms with Crippen LogP contribution in [0, 0.1) is 11.8 Å². The maximum atomic E-state index is 11.8. The van der Waals surface area contributed by atoms with Crippen molar-refractivity contribution in [2.45, 2.75) is 137 Å². The highest BCUT2D eigenvalue weighted by atomic mass is 16.5. The lowest BCUT2D eigenvalue weighted by atomic mass is 9.86.